The first-order valence-electron chi connectivity index (χ1n) is 9.46. The largest absolute Gasteiger partial charge is 0.551 e. The average molecular weight is 381 g/mol. The van der Waals surface area contributed by atoms with Gasteiger partial charge in [0.2, 0.25) is 0 Å². The first-order valence-corrected chi connectivity index (χ1v) is 9.46. The van der Waals surface area contributed by atoms with Crippen molar-refractivity contribution < 1.29 is 4.65 Å². The molecular weight excluding hydrogens is 357 g/mol. The molecule has 3 rings (SSSR count). The minimum Gasteiger partial charge on any atom is -0.551 e. The highest BCUT2D eigenvalue weighted by molar-refractivity contribution is 6.80. The molecule has 3 aromatic rings. The molecular formula is C24H24BN3O. The molecule has 0 aliphatic heterocycles. The zero-order valence-corrected chi connectivity index (χ0v) is 16.7. The van der Waals surface area contributed by atoms with Crippen molar-refractivity contribution >= 4 is 23.6 Å². The Hall–Kier alpha value is -3.60. The van der Waals surface area contributed by atoms with E-state index in [9.17, 15) is 0 Å². The molecule has 1 N–H and O–H groups in total. The Balaban J connectivity index is 1.97. The van der Waals surface area contributed by atoms with Crippen molar-refractivity contribution in [2.75, 3.05) is 14.1 Å². The van der Waals surface area contributed by atoms with Crippen molar-refractivity contribution in [1.29, 1.82) is 5.41 Å². The van der Waals surface area contributed by atoms with E-state index in [0.29, 0.717) is 17.2 Å². The fraction of sp³-hybridized carbons (Fsp3) is 0.0833. The van der Waals surface area contributed by atoms with Crippen molar-refractivity contribution in [3.8, 4) is 0 Å². The lowest BCUT2D eigenvalue weighted by Crippen LogP contribution is -2.44. The summed E-state index contributed by atoms with van der Waals surface area (Å²) < 4.78 is 6.44. The molecule has 0 unspecified atom stereocenters. The Bertz CT molecular complexity index is 931. The molecule has 0 bridgehead atoms. The third-order valence-electron chi connectivity index (χ3n) is 4.22. The standard InChI is InChI=1S/C24H24BN3O/c1-28(2)18-16-22(19-23(26)24-15-9-10-17-27-24)29-25(20-11-5-3-6-12-20)21-13-7-4-8-14-21/h3-19,26H,1-2H3/b18-16+,22-19-,26-23?. The molecule has 144 valence electrons. The van der Waals surface area contributed by atoms with Gasteiger partial charge in [-0.25, -0.2) is 0 Å². The second kappa shape index (κ2) is 10.1. The highest BCUT2D eigenvalue weighted by Crippen LogP contribution is 2.08. The van der Waals surface area contributed by atoms with Crippen molar-refractivity contribution in [1.82, 2.24) is 9.88 Å². The molecule has 0 saturated carbocycles. The number of pyridine rings is 1. The Morgan fingerprint density at radius 2 is 1.48 bits per heavy atom. The smallest absolute Gasteiger partial charge is 0.426 e. The van der Waals surface area contributed by atoms with Crippen LogP contribution >= 0.6 is 0 Å². The average Bonchev–Trinajstić information content (AvgIpc) is 2.77. The van der Waals surface area contributed by atoms with Crippen LogP contribution in [-0.4, -0.2) is 36.6 Å². The summed E-state index contributed by atoms with van der Waals surface area (Å²) >= 11 is 0. The van der Waals surface area contributed by atoms with E-state index in [1.165, 1.54) is 0 Å². The Morgan fingerprint density at radius 1 is 0.897 bits per heavy atom. The monoisotopic (exact) mass is 381 g/mol. The summed E-state index contributed by atoms with van der Waals surface area (Å²) in [5, 5.41) is 8.43. The highest BCUT2D eigenvalue weighted by atomic mass is 16.4. The van der Waals surface area contributed by atoms with Crippen LogP contribution in [0.3, 0.4) is 0 Å². The number of hydrogen-bond donors (Lipinski definition) is 1. The molecule has 0 aliphatic carbocycles. The molecule has 0 atom stereocenters. The molecule has 29 heavy (non-hydrogen) atoms. The summed E-state index contributed by atoms with van der Waals surface area (Å²) in [4.78, 5) is 6.20. The van der Waals surface area contributed by atoms with E-state index in [4.69, 9.17) is 10.1 Å². The van der Waals surface area contributed by atoms with Gasteiger partial charge in [-0.05, 0) is 29.1 Å². The van der Waals surface area contributed by atoms with Crippen LogP contribution in [0.2, 0.25) is 0 Å². The van der Waals surface area contributed by atoms with Gasteiger partial charge >= 0.3 is 6.92 Å². The maximum Gasteiger partial charge on any atom is 0.426 e. The first kappa shape index (κ1) is 20.1. The Kier molecular flexibility index (Phi) is 7.01. The summed E-state index contributed by atoms with van der Waals surface area (Å²) in [5.74, 6) is 0.590. The fourth-order valence-electron chi connectivity index (χ4n) is 2.80. The lowest BCUT2D eigenvalue weighted by Gasteiger charge is -2.18. The molecule has 2 aromatic carbocycles. The van der Waals surface area contributed by atoms with Gasteiger partial charge in [0, 0.05) is 32.6 Å². The summed E-state index contributed by atoms with van der Waals surface area (Å²) in [5.41, 5.74) is 2.99. The Morgan fingerprint density at radius 3 is 2.00 bits per heavy atom. The van der Waals surface area contributed by atoms with Gasteiger partial charge in [-0.2, -0.15) is 0 Å². The third-order valence-corrected chi connectivity index (χ3v) is 4.22. The molecule has 0 fully saturated rings. The molecule has 4 nitrogen and oxygen atoms in total. The lowest BCUT2D eigenvalue weighted by molar-refractivity contribution is 0.466. The van der Waals surface area contributed by atoms with Gasteiger partial charge in [0.1, 0.15) is 5.76 Å². The summed E-state index contributed by atoms with van der Waals surface area (Å²) in [6.45, 7) is -0.285. The number of hydrogen-bond acceptors (Lipinski definition) is 4. The number of aromatic nitrogens is 1. The number of benzene rings is 2. The van der Waals surface area contributed by atoms with Crippen molar-refractivity contribution in [2.24, 2.45) is 0 Å². The number of nitrogens with one attached hydrogen (secondary N) is 1. The molecule has 1 aromatic heterocycles. The highest BCUT2D eigenvalue weighted by Gasteiger charge is 2.23. The van der Waals surface area contributed by atoms with E-state index in [1.807, 2.05) is 85.9 Å². The van der Waals surface area contributed by atoms with Crippen LogP contribution in [0.15, 0.2) is 109 Å². The molecule has 0 radical (unpaired) electrons. The maximum atomic E-state index is 8.43. The minimum atomic E-state index is -0.285. The van der Waals surface area contributed by atoms with Crippen LogP contribution in [-0.2, 0) is 4.65 Å². The van der Waals surface area contributed by atoms with Gasteiger partial charge in [0.05, 0.1) is 11.4 Å². The van der Waals surface area contributed by atoms with E-state index >= 15 is 0 Å². The van der Waals surface area contributed by atoms with Gasteiger partial charge in [-0.1, -0.05) is 66.7 Å². The number of allylic oxidation sites excluding steroid dienone is 2. The van der Waals surface area contributed by atoms with Gasteiger partial charge in [0.25, 0.3) is 0 Å². The molecule has 0 aliphatic rings. The Labute approximate surface area is 172 Å². The molecule has 0 amide bonds. The summed E-state index contributed by atoms with van der Waals surface area (Å²) in [6.07, 6.45) is 7.17. The second-order valence-electron chi connectivity index (χ2n) is 6.77. The lowest BCUT2D eigenvalue weighted by atomic mass is 9.55. The molecule has 1 heterocycles. The van der Waals surface area contributed by atoms with Crippen molar-refractivity contribution in [2.45, 2.75) is 0 Å². The SMILES string of the molecule is CN(C)/C=C/C(=C/C(=N)c1ccccn1)OB(c1ccccc1)c1ccccc1. The quantitative estimate of drug-likeness (QED) is 0.282. The van der Waals surface area contributed by atoms with E-state index in [0.717, 1.165) is 10.9 Å². The first-order chi connectivity index (χ1) is 14.1. The number of rotatable bonds is 8. The van der Waals surface area contributed by atoms with Crippen LogP contribution in [0.25, 0.3) is 0 Å². The van der Waals surface area contributed by atoms with Gasteiger partial charge in [-0.15, -0.1) is 0 Å². The van der Waals surface area contributed by atoms with Gasteiger partial charge < -0.3 is 9.55 Å². The van der Waals surface area contributed by atoms with Gasteiger partial charge in [-0.3, -0.25) is 10.4 Å². The normalized spacial score (nSPS) is 11.3. The summed E-state index contributed by atoms with van der Waals surface area (Å²) in [7, 11) is 3.90. The van der Waals surface area contributed by atoms with Crippen LogP contribution in [0, 0.1) is 5.41 Å². The second-order valence-corrected chi connectivity index (χ2v) is 6.77. The van der Waals surface area contributed by atoms with Crippen molar-refractivity contribution in [3.63, 3.8) is 0 Å². The van der Waals surface area contributed by atoms with E-state index in [1.54, 1.807) is 12.3 Å². The zero-order valence-electron chi connectivity index (χ0n) is 16.7. The topological polar surface area (TPSA) is 49.2 Å². The number of nitrogens with zero attached hydrogens (tertiary/aromatic N) is 2. The van der Waals surface area contributed by atoms with Gasteiger partial charge in [0.15, 0.2) is 0 Å². The molecule has 0 saturated heterocycles. The molecule has 0 spiro atoms. The fourth-order valence-corrected chi connectivity index (χ4v) is 2.80. The minimum absolute atomic E-state index is 0.285. The predicted molar refractivity (Wildman–Crippen MR) is 121 cm³/mol. The van der Waals surface area contributed by atoms with Crippen molar-refractivity contribution in [3.05, 3.63) is 115 Å². The van der Waals surface area contributed by atoms with Crippen LogP contribution < -0.4 is 10.9 Å². The van der Waals surface area contributed by atoms with Crippen LogP contribution in [0.1, 0.15) is 5.69 Å². The molecule has 5 heteroatoms. The van der Waals surface area contributed by atoms with E-state index < -0.39 is 0 Å². The van der Waals surface area contributed by atoms with E-state index in [2.05, 4.69) is 29.2 Å². The van der Waals surface area contributed by atoms with Crippen LogP contribution in [0.5, 0.6) is 0 Å². The van der Waals surface area contributed by atoms with Crippen LogP contribution in [0.4, 0.5) is 0 Å². The predicted octanol–water partition coefficient (Wildman–Crippen LogP) is 3.23. The maximum absolute atomic E-state index is 8.43. The zero-order chi connectivity index (χ0) is 20.5. The van der Waals surface area contributed by atoms with E-state index in [-0.39, 0.29) is 6.92 Å². The third kappa shape index (κ3) is 5.94. The summed E-state index contributed by atoms with van der Waals surface area (Å²) in [6, 6.07) is 25.7.